The van der Waals surface area contributed by atoms with Crippen molar-refractivity contribution in [2.45, 2.75) is 47.0 Å². The highest BCUT2D eigenvalue weighted by Crippen LogP contribution is 2.34. The maximum absolute atomic E-state index is 12.0. The number of rotatable bonds is 4. The van der Waals surface area contributed by atoms with Crippen molar-refractivity contribution in [3.63, 3.8) is 0 Å². The first-order valence-electron chi connectivity index (χ1n) is 6.96. The Kier molecular flexibility index (Phi) is 4.82. The Morgan fingerprint density at radius 1 is 1.37 bits per heavy atom. The van der Waals surface area contributed by atoms with Crippen molar-refractivity contribution in [3.8, 4) is 0 Å². The molecule has 1 unspecified atom stereocenters. The molecule has 1 fully saturated rings. The van der Waals surface area contributed by atoms with E-state index in [2.05, 4.69) is 26.1 Å². The molecule has 0 spiro atoms. The Morgan fingerprint density at radius 3 is 2.42 bits per heavy atom. The van der Waals surface area contributed by atoms with Gasteiger partial charge in [-0.05, 0) is 24.7 Å². The second kappa shape index (κ2) is 5.80. The fourth-order valence-corrected chi connectivity index (χ4v) is 2.32. The molecule has 1 aliphatic heterocycles. The van der Waals surface area contributed by atoms with Gasteiger partial charge in [0.05, 0.1) is 5.41 Å². The van der Waals surface area contributed by atoms with Crippen molar-refractivity contribution < 1.29 is 14.7 Å². The molecule has 5 nitrogen and oxygen atoms in total. The average Bonchev–Trinajstić information content (AvgIpc) is 2.72. The largest absolute Gasteiger partial charge is 0.481 e. The summed E-state index contributed by atoms with van der Waals surface area (Å²) >= 11 is 0. The molecular formula is C14H26N2O3. The molecule has 0 aromatic rings. The van der Waals surface area contributed by atoms with Crippen LogP contribution in [-0.2, 0) is 4.79 Å². The molecule has 2 N–H and O–H groups in total. The number of hydrogen-bond acceptors (Lipinski definition) is 2. The van der Waals surface area contributed by atoms with E-state index in [1.165, 1.54) is 0 Å². The first-order valence-corrected chi connectivity index (χ1v) is 6.96. The zero-order chi connectivity index (χ0) is 14.7. The molecule has 0 radical (unpaired) electrons. The van der Waals surface area contributed by atoms with Gasteiger partial charge in [0.1, 0.15) is 0 Å². The first-order chi connectivity index (χ1) is 8.70. The third kappa shape index (κ3) is 4.11. The molecule has 1 saturated heterocycles. The van der Waals surface area contributed by atoms with Gasteiger partial charge in [-0.3, -0.25) is 4.79 Å². The van der Waals surface area contributed by atoms with Gasteiger partial charge in [0.15, 0.2) is 0 Å². The van der Waals surface area contributed by atoms with Gasteiger partial charge in [0, 0.05) is 19.6 Å². The number of urea groups is 1. The Morgan fingerprint density at radius 2 is 2.00 bits per heavy atom. The summed E-state index contributed by atoms with van der Waals surface area (Å²) in [6.07, 6.45) is 2.02. The lowest BCUT2D eigenvalue weighted by Crippen LogP contribution is -2.42. The van der Waals surface area contributed by atoms with Gasteiger partial charge in [-0.2, -0.15) is 0 Å². The van der Waals surface area contributed by atoms with Crippen molar-refractivity contribution in [2.24, 2.45) is 10.8 Å². The quantitative estimate of drug-likeness (QED) is 0.823. The van der Waals surface area contributed by atoms with E-state index in [0.29, 0.717) is 32.5 Å². The summed E-state index contributed by atoms with van der Waals surface area (Å²) in [6.45, 7) is 9.73. The van der Waals surface area contributed by atoms with Crippen LogP contribution in [0.2, 0.25) is 0 Å². The zero-order valence-corrected chi connectivity index (χ0v) is 12.5. The lowest BCUT2D eigenvalue weighted by molar-refractivity contribution is -0.148. The fraction of sp³-hybridized carbons (Fsp3) is 0.857. The van der Waals surface area contributed by atoms with E-state index in [0.717, 1.165) is 6.42 Å². The minimum atomic E-state index is -0.792. The molecule has 0 bridgehead atoms. The number of nitrogens with zero attached hydrogens (tertiary/aromatic N) is 1. The van der Waals surface area contributed by atoms with Crippen molar-refractivity contribution >= 4 is 12.0 Å². The van der Waals surface area contributed by atoms with E-state index in [9.17, 15) is 14.7 Å². The van der Waals surface area contributed by atoms with Gasteiger partial charge in [-0.1, -0.05) is 27.7 Å². The van der Waals surface area contributed by atoms with Crippen molar-refractivity contribution in [1.29, 1.82) is 0 Å². The van der Waals surface area contributed by atoms with E-state index in [-0.39, 0.29) is 11.4 Å². The second-order valence-corrected chi connectivity index (χ2v) is 6.65. The SMILES string of the molecule is CCC1(C(=O)O)CCN(C(=O)NCCC(C)(C)C)C1. The van der Waals surface area contributed by atoms with Crippen LogP contribution in [0, 0.1) is 10.8 Å². The van der Waals surface area contributed by atoms with Crippen LogP contribution in [0.4, 0.5) is 4.79 Å². The van der Waals surface area contributed by atoms with Gasteiger partial charge in [-0.25, -0.2) is 4.79 Å². The predicted molar refractivity (Wildman–Crippen MR) is 74.0 cm³/mol. The Labute approximate surface area is 115 Å². The molecule has 0 aliphatic carbocycles. The number of likely N-dealkylation sites (tertiary alicyclic amines) is 1. The number of aliphatic carboxylic acids is 1. The molecule has 0 saturated carbocycles. The van der Waals surface area contributed by atoms with E-state index < -0.39 is 11.4 Å². The van der Waals surface area contributed by atoms with E-state index >= 15 is 0 Å². The van der Waals surface area contributed by atoms with Crippen LogP contribution in [0.1, 0.15) is 47.0 Å². The molecule has 1 rings (SSSR count). The highest BCUT2D eigenvalue weighted by atomic mass is 16.4. The van der Waals surface area contributed by atoms with Crippen LogP contribution in [0.25, 0.3) is 0 Å². The standard InChI is InChI=1S/C14H26N2O3/c1-5-14(11(17)18)7-9-16(10-14)12(19)15-8-6-13(2,3)4/h5-10H2,1-4H3,(H,15,19)(H,17,18). The molecule has 110 valence electrons. The van der Waals surface area contributed by atoms with Crippen LogP contribution in [0.5, 0.6) is 0 Å². The first kappa shape index (κ1) is 15.8. The smallest absolute Gasteiger partial charge is 0.317 e. The normalized spacial score (nSPS) is 23.5. The van der Waals surface area contributed by atoms with Crippen LogP contribution in [-0.4, -0.2) is 41.6 Å². The summed E-state index contributed by atoms with van der Waals surface area (Å²) in [6, 6.07) is -0.138. The average molecular weight is 270 g/mol. The monoisotopic (exact) mass is 270 g/mol. The van der Waals surface area contributed by atoms with Crippen LogP contribution in [0.3, 0.4) is 0 Å². The second-order valence-electron chi connectivity index (χ2n) is 6.65. The summed E-state index contributed by atoms with van der Waals surface area (Å²) in [4.78, 5) is 24.9. The number of hydrogen-bond donors (Lipinski definition) is 2. The predicted octanol–water partition coefficient (Wildman–Crippen LogP) is 2.32. The van der Waals surface area contributed by atoms with Gasteiger partial charge in [-0.15, -0.1) is 0 Å². The Bertz CT molecular complexity index is 349. The molecule has 5 heteroatoms. The molecular weight excluding hydrogens is 244 g/mol. The van der Waals surface area contributed by atoms with Crippen molar-refractivity contribution in [3.05, 3.63) is 0 Å². The van der Waals surface area contributed by atoms with E-state index in [1.54, 1.807) is 4.90 Å². The summed E-state index contributed by atoms with van der Waals surface area (Å²) in [7, 11) is 0. The third-order valence-electron chi connectivity index (χ3n) is 3.92. The highest BCUT2D eigenvalue weighted by molar-refractivity contribution is 5.79. The topological polar surface area (TPSA) is 69.6 Å². The Balaban J connectivity index is 2.46. The number of carbonyl (C=O) groups is 2. The van der Waals surface area contributed by atoms with E-state index in [4.69, 9.17) is 0 Å². The maximum atomic E-state index is 12.0. The number of nitrogens with one attached hydrogen (secondary N) is 1. The molecule has 1 atom stereocenters. The number of carboxylic acids is 1. The lowest BCUT2D eigenvalue weighted by Gasteiger charge is -2.24. The summed E-state index contributed by atoms with van der Waals surface area (Å²) < 4.78 is 0. The summed E-state index contributed by atoms with van der Waals surface area (Å²) in [5.41, 5.74) is -0.562. The van der Waals surface area contributed by atoms with Crippen LogP contribution < -0.4 is 5.32 Å². The summed E-state index contributed by atoms with van der Waals surface area (Å²) in [5.74, 6) is -0.792. The van der Waals surface area contributed by atoms with Crippen LogP contribution in [0.15, 0.2) is 0 Å². The molecule has 1 heterocycles. The molecule has 1 aliphatic rings. The van der Waals surface area contributed by atoms with Gasteiger partial charge in [0.2, 0.25) is 0 Å². The van der Waals surface area contributed by atoms with Gasteiger partial charge >= 0.3 is 12.0 Å². The minimum Gasteiger partial charge on any atom is -0.481 e. The highest BCUT2D eigenvalue weighted by Gasteiger charge is 2.44. The zero-order valence-electron chi connectivity index (χ0n) is 12.5. The Hall–Kier alpha value is -1.26. The van der Waals surface area contributed by atoms with Crippen LogP contribution >= 0.6 is 0 Å². The van der Waals surface area contributed by atoms with Gasteiger partial charge in [0.25, 0.3) is 0 Å². The van der Waals surface area contributed by atoms with Crippen molar-refractivity contribution in [2.75, 3.05) is 19.6 Å². The molecule has 2 amide bonds. The van der Waals surface area contributed by atoms with Crippen molar-refractivity contribution in [1.82, 2.24) is 10.2 Å². The number of carbonyl (C=O) groups excluding carboxylic acids is 1. The maximum Gasteiger partial charge on any atom is 0.317 e. The summed E-state index contributed by atoms with van der Waals surface area (Å²) in [5, 5.41) is 12.2. The molecule has 0 aromatic carbocycles. The number of amides is 2. The molecule has 0 aromatic heterocycles. The lowest BCUT2D eigenvalue weighted by atomic mass is 9.84. The minimum absolute atomic E-state index is 0.138. The third-order valence-corrected chi connectivity index (χ3v) is 3.92. The van der Waals surface area contributed by atoms with E-state index in [1.807, 2.05) is 6.92 Å². The van der Waals surface area contributed by atoms with Gasteiger partial charge < -0.3 is 15.3 Å². The molecule has 19 heavy (non-hydrogen) atoms. The fourth-order valence-electron chi connectivity index (χ4n) is 2.32. The number of carboxylic acid groups (broad SMARTS) is 1.